The minimum Gasteiger partial charge on any atom is -0.464 e. The van der Waals surface area contributed by atoms with E-state index < -0.39 is 0 Å². The fourth-order valence-electron chi connectivity index (χ4n) is 1.59. The van der Waals surface area contributed by atoms with Gasteiger partial charge in [0.2, 0.25) is 0 Å². The summed E-state index contributed by atoms with van der Waals surface area (Å²) in [5.74, 6) is -0.00963. The van der Waals surface area contributed by atoms with Crippen LogP contribution < -0.4 is 0 Å². The number of carbonyl (C=O) groups excluding carboxylic acids is 1. The van der Waals surface area contributed by atoms with Crippen molar-refractivity contribution in [2.24, 2.45) is 10.9 Å². The molecule has 0 rings (SSSR count). The molecule has 0 aliphatic carbocycles. The first-order chi connectivity index (χ1) is 7.17. The van der Waals surface area contributed by atoms with Gasteiger partial charge < -0.3 is 4.74 Å². The number of unbranched alkanes of at least 4 members (excludes halogenated alkanes) is 2. The predicted molar refractivity (Wildman–Crippen MR) is 63.3 cm³/mol. The monoisotopic (exact) mass is 213 g/mol. The molecule has 0 saturated carbocycles. The van der Waals surface area contributed by atoms with Crippen LogP contribution in [0.15, 0.2) is 4.99 Å². The minimum atomic E-state index is -0.387. The van der Waals surface area contributed by atoms with Gasteiger partial charge in [-0.1, -0.05) is 33.1 Å². The molecule has 0 aliphatic rings. The second-order valence-electron chi connectivity index (χ2n) is 3.85. The third-order valence-electron chi connectivity index (χ3n) is 2.53. The predicted octanol–water partition coefficient (Wildman–Crippen LogP) is 2.84. The Morgan fingerprint density at radius 3 is 2.53 bits per heavy atom. The Hall–Kier alpha value is -0.860. The van der Waals surface area contributed by atoms with Gasteiger partial charge in [0.25, 0.3) is 0 Å². The van der Waals surface area contributed by atoms with Crippen molar-refractivity contribution in [1.29, 1.82) is 0 Å². The SMILES string of the molecule is C=NC(C(=O)OCC)C(C)CCCCC. The Balaban J connectivity index is 4.03. The lowest BCUT2D eigenvalue weighted by Crippen LogP contribution is -2.28. The van der Waals surface area contributed by atoms with E-state index in [-0.39, 0.29) is 17.9 Å². The molecule has 0 saturated heterocycles. The highest BCUT2D eigenvalue weighted by molar-refractivity contribution is 5.77. The summed E-state index contributed by atoms with van der Waals surface area (Å²) in [5.41, 5.74) is 0. The Morgan fingerprint density at radius 1 is 1.40 bits per heavy atom. The van der Waals surface area contributed by atoms with E-state index in [4.69, 9.17) is 4.74 Å². The zero-order valence-electron chi connectivity index (χ0n) is 10.2. The molecule has 0 spiro atoms. The second-order valence-corrected chi connectivity index (χ2v) is 3.85. The molecule has 0 aliphatic heterocycles. The molecule has 0 aromatic heterocycles. The van der Waals surface area contributed by atoms with Gasteiger partial charge in [-0.2, -0.15) is 0 Å². The number of ether oxygens (including phenoxy) is 1. The molecule has 3 nitrogen and oxygen atoms in total. The Bertz CT molecular complexity index is 192. The zero-order valence-corrected chi connectivity index (χ0v) is 10.2. The van der Waals surface area contributed by atoms with E-state index in [2.05, 4.69) is 18.6 Å². The maximum atomic E-state index is 11.5. The van der Waals surface area contributed by atoms with Gasteiger partial charge in [-0.15, -0.1) is 0 Å². The van der Waals surface area contributed by atoms with E-state index in [0.717, 1.165) is 12.8 Å². The molecule has 88 valence electrons. The van der Waals surface area contributed by atoms with Crippen LogP contribution in [-0.4, -0.2) is 25.3 Å². The Morgan fingerprint density at radius 2 is 2.07 bits per heavy atom. The van der Waals surface area contributed by atoms with Gasteiger partial charge in [0.15, 0.2) is 0 Å². The molecule has 0 N–H and O–H groups in total. The summed E-state index contributed by atoms with van der Waals surface area (Å²) in [6.45, 7) is 9.88. The average molecular weight is 213 g/mol. The first kappa shape index (κ1) is 14.1. The van der Waals surface area contributed by atoms with Crippen LogP contribution in [0.2, 0.25) is 0 Å². The van der Waals surface area contributed by atoms with E-state index in [1.165, 1.54) is 12.8 Å². The average Bonchev–Trinajstić information content (AvgIpc) is 2.19. The highest BCUT2D eigenvalue weighted by Gasteiger charge is 2.24. The van der Waals surface area contributed by atoms with Crippen molar-refractivity contribution < 1.29 is 9.53 Å². The third-order valence-corrected chi connectivity index (χ3v) is 2.53. The van der Waals surface area contributed by atoms with Gasteiger partial charge in [-0.05, 0) is 26.0 Å². The quantitative estimate of drug-likeness (QED) is 0.353. The van der Waals surface area contributed by atoms with Gasteiger partial charge in [-0.25, -0.2) is 4.79 Å². The molecule has 15 heavy (non-hydrogen) atoms. The van der Waals surface area contributed by atoms with Crippen LogP contribution >= 0.6 is 0 Å². The van der Waals surface area contributed by atoms with Crippen LogP contribution in [-0.2, 0) is 9.53 Å². The van der Waals surface area contributed by atoms with Crippen molar-refractivity contribution >= 4 is 12.7 Å². The van der Waals surface area contributed by atoms with Crippen molar-refractivity contribution in [3.05, 3.63) is 0 Å². The van der Waals surface area contributed by atoms with Crippen LogP contribution in [0.5, 0.6) is 0 Å². The highest BCUT2D eigenvalue weighted by Crippen LogP contribution is 2.16. The highest BCUT2D eigenvalue weighted by atomic mass is 16.5. The smallest absolute Gasteiger partial charge is 0.331 e. The number of esters is 1. The zero-order chi connectivity index (χ0) is 11.7. The first-order valence-corrected chi connectivity index (χ1v) is 5.79. The van der Waals surface area contributed by atoms with Gasteiger partial charge in [0.05, 0.1) is 6.61 Å². The van der Waals surface area contributed by atoms with Gasteiger partial charge >= 0.3 is 5.97 Å². The number of nitrogens with zero attached hydrogens (tertiary/aromatic N) is 1. The second kappa shape index (κ2) is 8.45. The Labute approximate surface area is 92.9 Å². The lowest BCUT2D eigenvalue weighted by molar-refractivity contribution is -0.145. The number of rotatable bonds is 8. The summed E-state index contributed by atoms with van der Waals surface area (Å²) in [6.07, 6.45) is 4.55. The summed E-state index contributed by atoms with van der Waals surface area (Å²) >= 11 is 0. The molecular weight excluding hydrogens is 190 g/mol. The number of carbonyl (C=O) groups is 1. The van der Waals surface area contributed by atoms with Crippen LogP contribution in [0, 0.1) is 5.92 Å². The molecule has 0 fully saturated rings. The maximum absolute atomic E-state index is 11.5. The molecule has 0 radical (unpaired) electrons. The lowest BCUT2D eigenvalue weighted by atomic mass is 9.96. The maximum Gasteiger partial charge on any atom is 0.331 e. The standard InChI is InChI=1S/C12H23NO2/c1-5-7-8-9-10(3)11(13-4)12(14)15-6-2/h10-11H,4-9H2,1-3H3. The molecule has 2 unspecified atom stereocenters. The van der Waals surface area contributed by atoms with E-state index in [0.29, 0.717) is 6.61 Å². The number of aliphatic imine (C=N–C) groups is 1. The van der Waals surface area contributed by atoms with Crippen LogP contribution in [0.4, 0.5) is 0 Å². The molecule has 2 atom stereocenters. The summed E-state index contributed by atoms with van der Waals surface area (Å²) in [5, 5.41) is 0. The van der Waals surface area contributed by atoms with E-state index in [9.17, 15) is 4.79 Å². The van der Waals surface area contributed by atoms with Gasteiger partial charge in [0, 0.05) is 0 Å². The van der Waals surface area contributed by atoms with Crippen molar-refractivity contribution in [1.82, 2.24) is 0 Å². The van der Waals surface area contributed by atoms with E-state index in [1.807, 2.05) is 6.92 Å². The lowest BCUT2D eigenvalue weighted by Gasteiger charge is -2.18. The largest absolute Gasteiger partial charge is 0.464 e. The minimum absolute atomic E-state index is 0.230. The molecule has 0 aromatic carbocycles. The molecule has 3 heteroatoms. The number of hydrogen-bond acceptors (Lipinski definition) is 3. The van der Waals surface area contributed by atoms with Crippen molar-refractivity contribution in [2.45, 2.75) is 52.5 Å². The third kappa shape index (κ3) is 5.55. The van der Waals surface area contributed by atoms with Crippen molar-refractivity contribution in [3.63, 3.8) is 0 Å². The summed E-state index contributed by atoms with van der Waals surface area (Å²) in [6, 6.07) is -0.387. The van der Waals surface area contributed by atoms with Crippen LogP contribution in [0.1, 0.15) is 46.5 Å². The normalized spacial score (nSPS) is 14.3. The Kier molecular flexibility index (Phi) is 7.96. The fraction of sp³-hybridized carbons (Fsp3) is 0.833. The number of hydrogen-bond donors (Lipinski definition) is 0. The van der Waals surface area contributed by atoms with Crippen molar-refractivity contribution in [2.75, 3.05) is 6.61 Å². The molecule has 0 heterocycles. The summed E-state index contributed by atoms with van der Waals surface area (Å²) in [4.78, 5) is 15.4. The topological polar surface area (TPSA) is 38.7 Å². The van der Waals surface area contributed by atoms with Crippen LogP contribution in [0.3, 0.4) is 0 Å². The van der Waals surface area contributed by atoms with E-state index in [1.54, 1.807) is 6.92 Å². The molecule has 0 aromatic rings. The fourth-order valence-corrected chi connectivity index (χ4v) is 1.59. The molecular formula is C12H23NO2. The van der Waals surface area contributed by atoms with Gasteiger partial charge in [-0.3, -0.25) is 4.99 Å². The molecule has 0 bridgehead atoms. The van der Waals surface area contributed by atoms with E-state index >= 15 is 0 Å². The summed E-state index contributed by atoms with van der Waals surface area (Å²) < 4.78 is 4.95. The molecule has 0 amide bonds. The van der Waals surface area contributed by atoms with Crippen LogP contribution in [0.25, 0.3) is 0 Å². The first-order valence-electron chi connectivity index (χ1n) is 5.79. The summed E-state index contributed by atoms with van der Waals surface area (Å²) in [7, 11) is 0. The van der Waals surface area contributed by atoms with Gasteiger partial charge in [0.1, 0.15) is 6.04 Å². The van der Waals surface area contributed by atoms with Crippen molar-refractivity contribution in [3.8, 4) is 0 Å².